The lowest BCUT2D eigenvalue weighted by Gasteiger charge is -2.07. The van der Waals surface area contributed by atoms with E-state index in [0.717, 1.165) is 16.0 Å². The van der Waals surface area contributed by atoms with Crippen molar-refractivity contribution in [3.8, 4) is 11.5 Å². The van der Waals surface area contributed by atoms with E-state index in [9.17, 15) is 9.59 Å². The van der Waals surface area contributed by atoms with Gasteiger partial charge in [-0.1, -0.05) is 36.4 Å². The zero-order valence-corrected chi connectivity index (χ0v) is 17.1. The van der Waals surface area contributed by atoms with Crippen LogP contribution in [0.3, 0.4) is 0 Å². The van der Waals surface area contributed by atoms with Gasteiger partial charge in [0.05, 0.1) is 5.69 Å². The van der Waals surface area contributed by atoms with Gasteiger partial charge in [-0.05, 0) is 36.2 Å². The Balaban J connectivity index is 1.31. The monoisotopic (exact) mass is 424 g/mol. The third-order valence-corrected chi connectivity index (χ3v) is 5.50. The van der Waals surface area contributed by atoms with E-state index in [1.54, 1.807) is 18.2 Å². The summed E-state index contributed by atoms with van der Waals surface area (Å²) < 4.78 is 16.0. The maximum Gasteiger partial charge on any atom is 0.348 e. The summed E-state index contributed by atoms with van der Waals surface area (Å²) in [6, 6.07) is 16.3. The zero-order valence-electron chi connectivity index (χ0n) is 16.3. The Morgan fingerprint density at radius 2 is 1.83 bits per heavy atom. The van der Waals surface area contributed by atoms with Crippen LogP contribution in [0.1, 0.15) is 25.7 Å². The maximum absolute atomic E-state index is 12.4. The first-order valence-electron chi connectivity index (χ1n) is 9.33. The van der Waals surface area contributed by atoms with Gasteiger partial charge in [-0.15, -0.1) is 11.3 Å². The third-order valence-electron chi connectivity index (χ3n) is 4.47. The van der Waals surface area contributed by atoms with Crippen molar-refractivity contribution in [1.82, 2.24) is 5.32 Å². The first-order chi connectivity index (χ1) is 14.6. The Kier molecular flexibility index (Phi) is 5.85. The molecule has 30 heavy (non-hydrogen) atoms. The van der Waals surface area contributed by atoms with E-state index in [0.29, 0.717) is 28.6 Å². The lowest BCUT2D eigenvalue weighted by atomic mass is 10.2. The number of nitrogens with one attached hydrogen (secondary N) is 2. The quantitative estimate of drug-likeness (QED) is 0.571. The van der Waals surface area contributed by atoms with Crippen LogP contribution in [0.2, 0.25) is 0 Å². The summed E-state index contributed by atoms with van der Waals surface area (Å²) in [6.07, 6.45) is 0. The molecule has 2 heterocycles. The van der Waals surface area contributed by atoms with Crippen LogP contribution >= 0.6 is 11.3 Å². The Morgan fingerprint density at radius 1 is 1.03 bits per heavy atom. The molecule has 0 saturated heterocycles. The second-order valence-corrected chi connectivity index (χ2v) is 7.89. The summed E-state index contributed by atoms with van der Waals surface area (Å²) >= 11 is 1.27. The lowest BCUT2D eigenvalue weighted by molar-refractivity contribution is 0.0478. The van der Waals surface area contributed by atoms with Crippen molar-refractivity contribution in [3.05, 3.63) is 75.5 Å². The van der Waals surface area contributed by atoms with Gasteiger partial charge in [0.1, 0.15) is 11.5 Å². The molecule has 2 aromatic carbocycles. The molecule has 1 aliphatic rings. The topological polar surface area (TPSA) is 85.9 Å². The number of esters is 1. The summed E-state index contributed by atoms with van der Waals surface area (Å²) in [4.78, 5) is 25.8. The molecule has 2 amide bonds. The van der Waals surface area contributed by atoms with Gasteiger partial charge in [-0.3, -0.25) is 0 Å². The first kappa shape index (κ1) is 19.8. The van der Waals surface area contributed by atoms with Gasteiger partial charge in [0.15, 0.2) is 11.5 Å². The number of benzene rings is 2. The molecule has 1 aromatic heterocycles. The van der Waals surface area contributed by atoms with Crippen molar-refractivity contribution < 1.29 is 23.8 Å². The predicted octanol–water partition coefficient (Wildman–Crippen LogP) is 4.46. The molecule has 1 aliphatic heterocycles. The number of hydrogen-bond acceptors (Lipinski definition) is 6. The summed E-state index contributed by atoms with van der Waals surface area (Å²) in [7, 11) is 0. The van der Waals surface area contributed by atoms with Crippen LogP contribution < -0.4 is 20.1 Å². The van der Waals surface area contributed by atoms with Gasteiger partial charge >= 0.3 is 12.0 Å². The Morgan fingerprint density at radius 3 is 2.67 bits per heavy atom. The average molecular weight is 424 g/mol. The van der Waals surface area contributed by atoms with Crippen LogP contribution in [0, 0.1) is 6.92 Å². The molecule has 0 aliphatic carbocycles. The SMILES string of the molecule is Cc1sc(C(=O)OCc2ccc3c(c2)OCO3)cc1NC(=O)NCc1ccccc1. The van der Waals surface area contributed by atoms with Gasteiger partial charge < -0.3 is 24.8 Å². The maximum atomic E-state index is 12.4. The summed E-state index contributed by atoms with van der Waals surface area (Å²) in [5, 5.41) is 5.58. The number of carbonyl (C=O) groups is 2. The van der Waals surface area contributed by atoms with E-state index in [4.69, 9.17) is 14.2 Å². The Labute approximate surface area is 177 Å². The smallest absolute Gasteiger partial charge is 0.348 e. The number of fused-ring (bicyclic) bond motifs is 1. The van der Waals surface area contributed by atoms with Crippen molar-refractivity contribution in [2.24, 2.45) is 0 Å². The lowest BCUT2D eigenvalue weighted by Crippen LogP contribution is -2.28. The van der Waals surface area contributed by atoms with Crippen LogP contribution in [-0.2, 0) is 17.9 Å². The number of carbonyl (C=O) groups excluding carboxylic acids is 2. The minimum absolute atomic E-state index is 0.118. The van der Waals surface area contributed by atoms with Crippen LogP contribution in [0.25, 0.3) is 0 Å². The number of anilines is 1. The zero-order chi connectivity index (χ0) is 20.9. The standard InChI is InChI=1S/C22H20N2O5S/c1-14-17(24-22(26)23-11-15-5-3-2-4-6-15)10-20(30-14)21(25)27-12-16-7-8-18-19(9-16)29-13-28-18/h2-10H,11-13H2,1H3,(H2,23,24,26). The molecule has 7 nitrogen and oxygen atoms in total. The van der Waals surface area contributed by atoms with Crippen molar-refractivity contribution in [3.63, 3.8) is 0 Å². The van der Waals surface area contributed by atoms with Crippen LogP contribution in [0.15, 0.2) is 54.6 Å². The fourth-order valence-corrected chi connectivity index (χ4v) is 3.77. The molecule has 2 N–H and O–H groups in total. The van der Waals surface area contributed by atoms with Gasteiger partial charge in [0.2, 0.25) is 6.79 Å². The number of rotatable bonds is 6. The summed E-state index contributed by atoms with van der Waals surface area (Å²) in [5.74, 6) is 0.877. The second kappa shape index (κ2) is 8.87. The molecule has 0 radical (unpaired) electrons. The molecule has 154 valence electrons. The van der Waals surface area contributed by atoms with E-state index < -0.39 is 5.97 Å². The number of aryl methyl sites for hydroxylation is 1. The minimum atomic E-state index is -0.446. The molecule has 0 bridgehead atoms. The molecule has 0 saturated carbocycles. The Hall–Kier alpha value is -3.52. The average Bonchev–Trinajstić information content (AvgIpc) is 3.37. The van der Waals surface area contributed by atoms with Gasteiger partial charge in [-0.25, -0.2) is 9.59 Å². The van der Waals surface area contributed by atoms with Gasteiger partial charge in [0.25, 0.3) is 0 Å². The van der Waals surface area contributed by atoms with Crippen molar-refractivity contribution in [2.45, 2.75) is 20.1 Å². The first-order valence-corrected chi connectivity index (χ1v) is 10.1. The van der Waals surface area contributed by atoms with Crippen LogP contribution in [-0.4, -0.2) is 18.8 Å². The summed E-state index contributed by atoms with van der Waals surface area (Å²) in [5.41, 5.74) is 2.39. The van der Waals surface area contributed by atoms with Crippen LogP contribution in [0.4, 0.5) is 10.5 Å². The molecule has 4 rings (SSSR count). The van der Waals surface area contributed by atoms with Crippen molar-refractivity contribution in [1.29, 1.82) is 0 Å². The van der Waals surface area contributed by atoms with Gasteiger partial charge in [-0.2, -0.15) is 0 Å². The van der Waals surface area contributed by atoms with Crippen molar-refractivity contribution in [2.75, 3.05) is 12.1 Å². The third kappa shape index (κ3) is 4.72. The molecule has 8 heteroatoms. The summed E-state index contributed by atoms with van der Waals surface area (Å²) in [6.45, 7) is 2.57. The molecular weight excluding hydrogens is 404 g/mol. The predicted molar refractivity (Wildman–Crippen MR) is 113 cm³/mol. The van der Waals surface area contributed by atoms with E-state index in [2.05, 4.69) is 10.6 Å². The molecule has 3 aromatic rings. The van der Waals surface area contributed by atoms with E-state index >= 15 is 0 Å². The van der Waals surface area contributed by atoms with E-state index in [-0.39, 0.29) is 19.4 Å². The Bertz CT molecular complexity index is 1060. The highest BCUT2D eigenvalue weighted by molar-refractivity contribution is 7.14. The largest absolute Gasteiger partial charge is 0.457 e. The van der Waals surface area contributed by atoms with Crippen molar-refractivity contribution >= 4 is 29.0 Å². The highest BCUT2D eigenvalue weighted by atomic mass is 32.1. The van der Waals surface area contributed by atoms with E-state index in [1.807, 2.05) is 43.3 Å². The second-order valence-electron chi connectivity index (χ2n) is 6.64. The molecule has 0 spiro atoms. The molecule has 0 atom stereocenters. The number of urea groups is 1. The number of amides is 2. The molecule has 0 fully saturated rings. The van der Waals surface area contributed by atoms with E-state index in [1.165, 1.54) is 11.3 Å². The molecule has 0 unspecified atom stereocenters. The van der Waals surface area contributed by atoms with Gasteiger partial charge in [0, 0.05) is 11.4 Å². The van der Waals surface area contributed by atoms with Crippen LogP contribution in [0.5, 0.6) is 11.5 Å². The highest BCUT2D eigenvalue weighted by Gasteiger charge is 2.17. The molecular formula is C22H20N2O5S. The number of thiophene rings is 1. The number of ether oxygens (including phenoxy) is 3. The fourth-order valence-electron chi connectivity index (χ4n) is 2.90. The fraction of sp³-hybridized carbons (Fsp3) is 0.182. The minimum Gasteiger partial charge on any atom is -0.457 e. The highest BCUT2D eigenvalue weighted by Crippen LogP contribution is 2.33. The number of hydrogen-bond donors (Lipinski definition) is 2. The normalized spacial score (nSPS) is 11.8.